The monoisotopic (exact) mass is 305 g/mol. The molecule has 23 heavy (non-hydrogen) atoms. The van der Waals surface area contributed by atoms with Crippen LogP contribution in [0, 0.1) is 0 Å². The van der Waals surface area contributed by atoms with Crippen LogP contribution in [-0.4, -0.2) is 27.5 Å². The van der Waals surface area contributed by atoms with Gasteiger partial charge in [0.1, 0.15) is 0 Å². The molecule has 5 heteroatoms. The summed E-state index contributed by atoms with van der Waals surface area (Å²) in [6.45, 7) is 1.03. The molecule has 1 aliphatic rings. The number of fused-ring (bicyclic) bond motifs is 1. The molecule has 0 aliphatic carbocycles. The van der Waals surface area contributed by atoms with Crippen LogP contribution in [0.3, 0.4) is 0 Å². The number of aromatic nitrogens is 3. The van der Waals surface area contributed by atoms with Crippen molar-refractivity contribution < 1.29 is 0 Å². The van der Waals surface area contributed by atoms with Crippen LogP contribution in [0.15, 0.2) is 49.1 Å². The first-order valence-electron chi connectivity index (χ1n) is 7.97. The van der Waals surface area contributed by atoms with E-state index < -0.39 is 0 Å². The smallest absolute Gasteiger partial charge is 0.0714 e. The molecule has 1 saturated heterocycles. The van der Waals surface area contributed by atoms with Gasteiger partial charge in [0.2, 0.25) is 0 Å². The SMILES string of the molecule is NC(c1nc(-c2ccncc2)cc2cnccc12)C1CCCN1. The maximum atomic E-state index is 6.56. The fourth-order valence-electron chi connectivity index (χ4n) is 3.26. The van der Waals surface area contributed by atoms with Gasteiger partial charge in [0.25, 0.3) is 0 Å². The third kappa shape index (κ3) is 2.69. The van der Waals surface area contributed by atoms with Crippen LogP contribution in [0.1, 0.15) is 24.6 Å². The average Bonchev–Trinajstić information content (AvgIpc) is 3.15. The Balaban J connectivity index is 1.87. The lowest BCUT2D eigenvalue weighted by Gasteiger charge is -2.21. The van der Waals surface area contributed by atoms with Crippen molar-refractivity contribution in [3.63, 3.8) is 0 Å². The normalized spacial score (nSPS) is 19.1. The number of hydrogen-bond donors (Lipinski definition) is 2. The van der Waals surface area contributed by atoms with E-state index in [2.05, 4.69) is 21.4 Å². The Labute approximate surface area is 135 Å². The average molecular weight is 305 g/mol. The highest BCUT2D eigenvalue weighted by Crippen LogP contribution is 2.29. The fraction of sp³-hybridized carbons (Fsp3) is 0.278. The number of nitrogens with zero attached hydrogens (tertiary/aromatic N) is 3. The van der Waals surface area contributed by atoms with Crippen molar-refractivity contribution in [2.45, 2.75) is 24.9 Å². The van der Waals surface area contributed by atoms with Crippen LogP contribution in [0.4, 0.5) is 0 Å². The Morgan fingerprint density at radius 1 is 1.13 bits per heavy atom. The van der Waals surface area contributed by atoms with Gasteiger partial charge >= 0.3 is 0 Å². The van der Waals surface area contributed by atoms with Gasteiger partial charge in [-0.05, 0) is 43.7 Å². The molecule has 116 valence electrons. The van der Waals surface area contributed by atoms with E-state index in [-0.39, 0.29) is 12.1 Å². The van der Waals surface area contributed by atoms with Crippen molar-refractivity contribution in [1.82, 2.24) is 20.3 Å². The van der Waals surface area contributed by atoms with E-state index in [9.17, 15) is 0 Å². The first-order chi connectivity index (χ1) is 11.3. The molecule has 0 radical (unpaired) electrons. The minimum absolute atomic E-state index is 0.121. The van der Waals surface area contributed by atoms with Gasteiger partial charge in [-0.25, -0.2) is 0 Å². The summed E-state index contributed by atoms with van der Waals surface area (Å²) in [4.78, 5) is 13.2. The van der Waals surface area contributed by atoms with Crippen molar-refractivity contribution in [2.24, 2.45) is 5.73 Å². The van der Waals surface area contributed by atoms with Gasteiger partial charge in [0.15, 0.2) is 0 Å². The summed E-state index contributed by atoms with van der Waals surface area (Å²) in [5.41, 5.74) is 9.45. The molecular weight excluding hydrogens is 286 g/mol. The molecule has 1 aliphatic heterocycles. The number of rotatable bonds is 3. The number of nitrogens with two attached hydrogens (primary N) is 1. The summed E-state index contributed by atoms with van der Waals surface area (Å²) in [5, 5.41) is 5.64. The summed E-state index contributed by atoms with van der Waals surface area (Å²) < 4.78 is 0. The van der Waals surface area contributed by atoms with Crippen LogP contribution in [0.25, 0.3) is 22.0 Å². The molecule has 5 nitrogen and oxygen atoms in total. The Bertz CT molecular complexity index is 812. The van der Waals surface area contributed by atoms with E-state index in [4.69, 9.17) is 10.7 Å². The molecule has 4 heterocycles. The van der Waals surface area contributed by atoms with Crippen LogP contribution in [0.2, 0.25) is 0 Å². The molecule has 0 amide bonds. The van der Waals surface area contributed by atoms with E-state index in [0.717, 1.165) is 40.7 Å². The van der Waals surface area contributed by atoms with Crippen molar-refractivity contribution in [2.75, 3.05) is 6.54 Å². The topological polar surface area (TPSA) is 76.7 Å². The quantitative estimate of drug-likeness (QED) is 0.777. The van der Waals surface area contributed by atoms with E-state index >= 15 is 0 Å². The van der Waals surface area contributed by atoms with E-state index in [1.54, 1.807) is 18.6 Å². The van der Waals surface area contributed by atoms with Crippen molar-refractivity contribution in [3.8, 4) is 11.3 Å². The molecule has 4 rings (SSSR count). The Hall–Kier alpha value is -2.37. The van der Waals surface area contributed by atoms with Crippen LogP contribution < -0.4 is 11.1 Å². The lowest BCUT2D eigenvalue weighted by Crippen LogP contribution is -2.34. The molecule has 3 N–H and O–H groups in total. The fourth-order valence-corrected chi connectivity index (χ4v) is 3.26. The number of hydrogen-bond acceptors (Lipinski definition) is 5. The Morgan fingerprint density at radius 2 is 1.96 bits per heavy atom. The second kappa shape index (κ2) is 6.02. The number of nitrogens with one attached hydrogen (secondary N) is 1. The standard InChI is InChI=1S/C18H19N5/c19-17(15-2-1-6-22-15)18-14-5-9-21-11-13(14)10-16(23-18)12-3-7-20-8-4-12/h3-5,7-11,15,17,22H,1-2,6,19H2. The largest absolute Gasteiger partial charge is 0.321 e. The maximum absolute atomic E-state index is 6.56. The van der Waals surface area contributed by atoms with Gasteiger partial charge in [-0.3, -0.25) is 15.0 Å². The van der Waals surface area contributed by atoms with Crippen molar-refractivity contribution in [3.05, 3.63) is 54.7 Å². The zero-order chi connectivity index (χ0) is 15.6. The highest BCUT2D eigenvalue weighted by atomic mass is 15.0. The first-order valence-corrected chi connectivity index (χ1v) is 7.97. The van der Waals surface area contributed by atoms with Gasteiger partial charge in [-0.2, -0.15) is 0 Å². The molecule has 0 saturated carbocycles. The van der Waals surface area contributed by atoms with E-state index in [1.165, 1.54) is 6.42 Å². The summed E-state index contributed by atoms with van der Waals surface area (Å²) in [7, 11) is 0. The summed E-state index contributed by atoms with van der Waals surface area (Å²) in [5.74, 6) is 0. The maximum Gasteiger partial charge on any atom is 0.0714 e. The second-order valence-corrected chi connectivity index (χ2v) is 5.95. The molecule has 3 aromatic heterocycles. The molecule has 0 spiro atoms. The van der Waals surface area contributed by atoms with Gasteiger partial charge in [-0.15, -0.1) is 0 Å². The highest BCUT2D eigenvalue weighted by molar-refractivity contribution is 5.87. The Kier molecular flexibility index (Phi) is 3.73. The lowest BCUT2D eigenvalue weighted by molar-refractivity contribution is 0.495. The van der Waals surface area contributed by atoms with Gasteiger partial charge in [-0.1, -0.05) is 0 Å². The summed E-state index contributed by atoms with van der Waals surface area (Å²) >= 11 is 0. The van der Waals surface area contributed by atoms with Gasteiger partial charge in [0, 0.05) is 47.2 Å². The van der Waals surface area contributed by atoms with Crippen LogP contribution in [0.5, 0.6) is 0 Å². The second-order valence-electron chi connectivity index (χ2n) is 5.95. The zero-order valence-corrected chi connectivity index (χ0v) is 12.8. The Morgan fingerprint density at radius 3 is 2.74 bits per heavy atom. The van der Waals surface area contributed by atoms with Gasteiger partial charge < -0.3 is 11.1 Å². The molecule has 0 aromatic carbocycles. The molecule has 1 fully saturated rings. The molecule has 0 bridgehead atoms. The van der Waals surface area contributed by atoms with Crippen LogP contribution in [-0.2, 0) is 0 Å². The van der Waals surface area contributed by atoms with Gasteiger partial charge in [0.05, 0.1) is 17.4 Å². The highest BCUT2D eigenvalue weighted by Gasteiger charge is 2.25. The zero-order valence-electron chi connectivity index (χ0n) is 12.8. The van der Waals surface area contributed by atoms with Crippen molar-refractivity contribution in [1.29, 1.82) is 0 Å². The minimum atomic E-state index is -0.121. The summed E-state index contributed by atoms with van der Waals surface area (Å²) in [6.07, 6.45) is 9.50. The molecule has 3 aromatic rings. The summed E-state index contributed by atoms with van der Waals surface area (Å²) in [6, 6.07) is 8.16. The van der Waals surface area contributed by atoms with E-state index in [0.29, 0.717) is 0 Å². The third-order valence-corrected chi connectivity index (χ3v) is 4.48. The van der Waals surface area contributed by atoms with E-state index in [1.807, 2.05) is 24.4 Å². The van der Waals surface area contributed by atoms with Crippen molar-refractivity contribution >= 4 is 10.8 Å². The number of pyridine rings is 3. The minimum Gasteiger partial charge on any atom is -0.321 e. The lowest BCUT2D eigenvalue weighted by atomic mass is 9.98. The molecule has 2 unspecified atom stereocenters. The first kappa shape index (κ1) is 14.2. The predicted molar refractivity (Wildman–Crippen MR) is 90.7 cm³/mol. The molecular formula is C18H19N5. The third-order valence-electron chi connectivity index (χ3n) is 4.48. The molecule has 2 atom stereocenters. The van der Waals surface area contributed by atoms with Crippen LogP contribution >= 0.6 is 0 Å². The predicted octanol–water partition coefficient (Wildman–Crippen LogP) is 2.44.